The Labute approximate surface area is 58.3 Å². The fourth-order valence-electron chi connectivity index (χ4n) is 0.449. The minimum absolute atomic E-state index is 0.239. The molecular weight excluding hydrogens is 130 g/mol. The van der Waals surface area contributed by atoms with Crippen LogP contribution in [-0.4, -0.2) is 22.1 Å². The first-order valence-corrected chi connectivity index (χ1v) is 2.56. The van der Waals surface area contributed by atoms with E-state index in [9.17, 15) is 0 Å². The summed E-state index contributed by atoms with van der Waals surface area (Å²) in [6.07, 6.45) is 6.32. The number of nitrogens with zero attached hydrogens (tertiary/aromatic N) is 3. The van der Waals surface area contributed by atoms with Gasteiger partial charge in [-0.15, -0.1) is 6.42 Å². The molecule has 1 aromatic heterocycles. The first-order chi connectivity index (χ1) is 4.86. The smallest absolute Gasteiger partial charge is 0.320 e. The van der Waals surface area contributed by atoms with Crippen molar-refractivity contribution in [3.05, 3.63) is 12.2 Å². The van der Waals surface area contributed by atoms with Crippen molar-refractivity contribution < 1.29 is 4.74 Å². The van der Waals surface area contributed by atoms with E-state index in [-0.39, 0.29) is 11.8 Å². The van der Waals surface area contributed by atoms with Gasteiger partial charge in [-0.2, -0.15) is 9.97 Å². The molecule has 0 bridgehead atoms. The van der Waals surface area contributed by atoms with E-state index in [4.69, 9.17) is 11.2 Å². The normalized spacial score (nSPS) is 8.40. The molecule has 0 aliphatic carbocycles. The summed E-state index contributed by atoms with van der Waals surface area (Å²) in [5, 5.41) is 0. The summed E-state index contributed by atoms with van der Waals surface area (Å²) in [5.41, 5.74) is 0. The van der Waals surface area contributed by atoms with Gasteiger partial charge in [0.15, 0.2) is 0 Å². The van der Waals surface area contributed by atoms with Gasteiger partial charge in [-0.3, -0.25) is 0 Å². The molecule has 1 aromatic rings. The summed E-state index contributed by atoms with van der Waals surface area (Å²) in [7, 11) is 1.47. The van der Waals surface area contributed by atoms with Gasteiger partial charge >= 0.3 is 6.01 Å². The molecule has 0 aliphatic heterocycles. The lowest BCUT2D eigenvalue weighted by atomic mass is 10.6. The van der Waals surface area contributed by atoms with Crippen molar-refractivity contribution in [1.29, 1.82) is 0 Å². The van der Waals surface area contributed by atoms with Gasteiger partial charge in [0, 0.05) is 0 Å². The van der Waals surface area contributed by atoms with E-state index >= 15 is 0 Å². The van der Waals surface area contributed by atoms with E-state index in [1.54, 1.807) is 0 Å². The second-order valence-electron chi connectivity index (χ2n) is 1.44. The molecule has 4 nitrogen and oxygen atoms in total. The molecule has 0 radical (unpaired) electrons. The molecule has 0 aliphatic rings. The van der Waals surface area contributed by atoms with Crippen LogP contribution in [0.3, 0.4) is 0 Å². The maximum atomic E-state index is 5.02. The minimum atomic E-state index is 0.239. The highest BCUT2D eigenvalue weighted by molar-refractivity contribution is 5.15. The first-order valence-electron chi connectivity index (χ1n) is 2.56. The molecule has 0 saturated heterocycles. The van der Waals surface area contributed by atoms with Gasteiger partial charge in [0.1, 0.15) is 6.33 Å². The fourth-order valence-corrected chi connectivity index (χ4v) is 0.449. The third-order valence-electron chi connectivity index (χ3n) is 0.861. The zero-order chi connectivity index (χ0) is 7.40. The third-order valence-corrected chi connectivity index (χ3v) is 0.861. The standard InChI is InChI=1S/C6H5N3O/c1-3-5-7-4-8-6(9-5)10-2/h1,4H,2H3. The second kappa shape index (κ2) is 2.78. The van der Waals surface area contributed by atoms with Crippen LogP contribution in [0.2, 0.25) is 0 Å². The van der Waals surface area contributed by atoms with Crippen molar-refractivity contribution in [3.63, 3.8) is 0 Å². The highest BCUT2D eigenvalue weighted by atomic mass is 16.5. The molecule has 4 heteroatoms. The monoisotopic (exact) mass is 135 g/mol. The van der Waals surface area contributed by atoms with Gasteiger partial charge in [-0.1, -0.05) is 0 Å². The van der Waals surface area contributed by atoms with Crippen LogP contribution in [0.1, 0.15) is 5.82 Å². The zero-order valence-corrected chi connectivity index (χ0v) is 5.40. The highest BCUT2D eigenvalue weighted by Crippen LogP contribution is 1.95. The van der Waals surface area contributed by atoms with Gasteiger partial charge < -0.3 is 4.74 Å². The molecule has 10 heavy (non-hydrogen) atoms. The Hall–Kier alpha value is -1.63. The molecule has 0 unspecified atom stereocenters. The second-order valence-corrected chi connectivity index (χ2v) is 1.44. The molecular formula is C6H5N3O. The third kappa shape index (κ3) is 1.20. The van der Waals surface area contributed by atoms with E-state index in [1.165, 1.54) is 13.4 Å². The molecule has 0 amide bonds. The Morgan fingerprint density at radius 1 is 1.60 bits per heavy atom. The van der Waals surface area contributed by atoms with Crippen LogP contribution in [0.25, 0.3) is 0 Å². The van der Waals surface area contributed by atoms with E-state index < -0.39 is 0 Å². The van der Waals surface area contributed by atoms with Crippen LogP contribution >= 0.6 is 0 Å². The average Bonchev–Trinajstić information content (AvgIpc) is 2.05. The Bertz CT molecular complexity index is 266. The van der Waals surface area contributed by atoms with Gasteiger partial charge in [-0.05, 0) is 5.92 Å². The lowest BCUT2D eigenvalue weighted by Crippen LogP contribution is -1.95. The topological polar surface area (TPSA) is 47.9 Å². The predicted octanol–water partition coefficient (Wildman–Crippen LogP) is -0.139. The maximum Gasteiger partial charge on any atom is 0.320 e. The van der Waals surface area contributed by atoms with Crippen LogP contribution in [0, 0.1) is 12.3 Å². The maximum absolute atomic E-state index is 5.02. The Kier molecular flexibility index (Phi) is 1.80. The molecule has 0 aromatic carbocycles. The number of methoxy groups -OCH3 is 1. The van der Waals surface area contributed by atoms with Gasteiger partial charge in [0.2, 0.25) is 5.82 Å². The van der Waals surface area contributed by atoms with E-state index in [1.807, 2.05) is 0 Å². The number of hydrogen-bond acceptors (Lipinski definition) is 4. The molecule has 0 N–H and O–H groups in total. The van der Waals surface area contributed by atoms with Crippen molar-refractivity contribution >= 4 is 0 Å². The number of aromatic nitrogens is 3. The largest absolute Gasteiger partial charge is 0.467 e. The summed E-state index contributed by atoms with van der Waals surface area (Å²) in [6, 6.07) is 0.239. The predicted molar refractivity (Wildman–Crippen MR) is 34.3 cm³/mol. The quantitative estimate of drug-likeness (QED) is 0.503. The molecule has 0 spiro atoms. The van der Waals surface area contributed by atoms with Gasteiger partial charge in [0.05, 0.1) is 7.11 Å². The lowest BCUT2D eigenvalue weighted by Gasteiger charge is -1.93. The van der Waals surface area contributed by atoms with Crippen molar-refractivity contribution in [2.24, 2.45) is 0 Å². The highest BCUT2D eigenvalue weighted by Gasteiger charge is 1.94. The number of ether oxygens (including phenoxy) is 1. The Balaban J connectivity index is 3.01. The summed E-state index contributed by atoms with van der Waals surface area (Å²) >= 11 is 0. The van der Waals surface area contributed by atoms with Crippen LogP contribution in [0.15, 0.2) is 6.33 Å². The van der Waals surface area contributed by atoms with Crippen LogP contribution in [0.4, 0.5) is 0 Å². The van der Waals surface area contributed by atoms with E-state index in [2.05, 4.69) is 20.9 Å². The van der Waals surface area contributed by atoms with E-state index in [0.29, 0.717) is 0 Å². The Morgan fingerprint density at radius 2 is 2.40 bits per heavy atom. The number of terminal acetylenes is 1. The molecule has 1 heterocycles. The Morgan fingerprint density at radius 3 is 3.00 bits per heavy atom. The van der Waals surface area contributed by atoms with Crippen molar-refractivity contribution in [2.45, 2.75) is 0 Å². The zero-order valence-electron chi connectivity index (χ0n) is 5.40. The number of hydrogen-bond donors (Lipinski definition) is 0. The SMILES string of the molecule is C#Cc1ncnc(OC)n1. The molecule has 0 fully saturated rings. The van der Waals surface area contributed by atoms with Crippen molar-refractivity contribution in [3.8, 4) is 18.4 Å². The summed E-state index contributed by atoms with van der Waals surface area (Å²) < 4.78 is 4.70. The fraction of sp³-hybridized carbons (Fsp3) is 0.167. The van der Waals surface area contributed by atoms with Crippen LogP contribution < -0.4 is 4.74 Å². The molecule has 0 atom stereocenters. The summed E-state index contributed by atoms with van der Waals surface area (Å²) in [6.45, 7) is 0. The molecule has 1 rings (SSSR count). The van der Waals surface area contributed by atoms with E-state index in [0.717, 1.165) is 0 Å². The summed E-state index contributed by atoms with van der Waals surface area (Å²) in [4.78, 5) is 11.1. The van der Waals surface area contributed by atoms with Crippen molar-refractivity contribution in [2.75, 3.05) is 7.11 Å². The van der Waals surface area contributed by atoms with Crippen molar-refractivity contribution in [1.82, 2.24) is 15.0 Å². The molecule has 0 saturated carbocycles. The van der Waals surface area contributed by atoms with Gasteiger partial charge in [0.25, 0.3) is 0 Å². The lowest BCUT2D eigenvalue weighted by molar-refractivity contribution is 0.377. The first kappa shape index (κ1) is 6.49. The summed E-state index contributed by atoms with van der Waals surface area (Å²) in [5.74, 6) is 2.54. The minimum Gasteiger partial charge on any atom is -0.467 e. The average molecular weight is 135 g/mol. The molecule has 50 valence electrons. The number of rotatable bonds is 1. The van der Waals surface area contributed by atoms with Gasteiger partial charge in [-0.25, -0.2) is 4.98 Å². The van der Waals surface area contributed by atoms with Crippen LogP contribution in [-0.2, 0) is 0 Å². The van der Waals surface area contributed by atoms with Crippen LogP contribution in [0.5, 0.6) is 6.01 Å².